The number of carbonyl (C=O) groups is 1. The first-order valence-electron chi connectivity index (χ1n) is 12.5. The van der Waals surface area contributed by atoms with Crippen molar-refractivity contribution in [1.82, 2.24) is 13.8 Å². The van der Waals surface area contributed by atoms with E-state index in [0.717, 1.165) is 75.6 Å². The van der Waals surface area contributed by atoms with E-state index >= 15 is 0 Å². The monoisotopic (exact) mass is 452 g/mol. The van der Waals surface area contributed by atoms with Crippen LogP contribution in [0.15, 0.2) is 23.2 Å². The molecule has 5 nitrogen and oxygen atoms in total. The molecule has 0 atom stereocenters. The Hall–Kier alpha value is -1.95. The predicted octanol–water partition coefficient (Wildman–Crippen LogP) is 5.36. The third kappa shape index (κ3) is 4.18. The molecule has 1 fully saturated rings. The minimum absolute atomic E-state index is 0.201. The minimum atomic E-state index is 0.201. The van der Waals surface area contributed by atoms with E-state index in [0.29, 0.717) is 0 Å². The van der Waals surface area contributed by atoms with Crippen LogP contribution in [0.2, 0.25) is 0 Å². The van der Waals surface area contributed by atoms with Gasteiger partial charge in [0.2, 0.25) is 0 Å². The average molecular weight is 453 g/mol. The van der Waals surface area contributed by atoms with Gasteiger partial charge in [0.1, 0.15) is 0 Å². The van der Waals surface area contributed by atoms with E-state index in [1.807, 2.05) is 11.9 Å². The maximum Gasteiger partial charge on any atom is 0.253 e. The number of hydrogen-bond donors (Lipinski definition) is 0. The van der Waals surface area contributed by atoms with Crippen LogP contribution in [0.3, 0.4) is 0 Å². The molecule has 0 radical (unpaired) electrons. The van der Waals surface area contributed by atoms with Crippen LogP contribution in [0.5, 0.6) is 0 Å². The van der Waals surface area contributed by atoms with Gasteiger partial charge in [-0.25, -0.2) is 0 Å². The summed E-state index contributed by atoms with van der Waals surface area (Å²) in [6.07, 6.45) is 8.02. The lowest BCUT2D eigenvalue weighted by atomic mass is 9.98. The molecule has 3 aliphatic rings. The zero-order valence-corrected chi connectivity index (χ0v) is 20.4. The Kier molecular flexibility index (Phi) is 6.49. The van der Waals surface area contributed by atoms with Gasteiger partial charge in [-0.1, -0.05) is 20.3 Å². The van der Waals surface area contributed by atoms with Gasteiger partial charge < -0.3 is 9.80 Å². The number of piperidine rings is 1. The summed E-state index contributed by atoms with van der Waals surface area (Å²) in [5, 5.41) is 1.27. The number of unbranched alkanes of at least 4 members (excludes halogenated alkanes) is 1. The van der Waals surface area contributed by atoms with Crippen molar-refractivity contribution in [1.29, 1.82) is 0 Å². The lowest BCUT2D eigenvalue weighted by Gasteiger charge is -2.30. The number of carbonyl (C=O) groups excluding carboxylic acids is 1. The maximum atomic E-state index is 13.3. The molecule has 32 heavy (non-hydrogen) atoms. The topological polar surface area (TPSA) is 40.8 Å². The Bertz CT molecular complexity index is 1020. The molecule has 2 aromatic rings. The Labute approximate surface area is 196 Å². The van der Waals surface area contributed by atoms with Gasteiger partial charge in [0.05, 0.1) is 11.4 Å². The second-order valence-corrected chi connectivity index (χ2v) is 10.7. The fourth-order valence-corrected chi connectivity index (χ4v) is 6.55. The Morgan fingerprint density at radius 2 is 2.03 bits per heavy atom. The Morgan fingerprint density at radius 1 is 1.19 bits per heavy atom. The van der Waals surface area contributed by atoms with E-state index < -0.39 is 0 Å². The molecule has 0 saturated carbocycles. The first-order valence-corrected chi connectivity index (χ1v) is 13.5. The predicted molar refractivity (Wildman–Crippen MR) is 135 cm³/mol. The van der Waals surface area contributed by atoms with E-state index in [2.05, 4.69) is 45.8 Å². The van der Waals surface area contributed by atoms with Gasteiger partial charge in [-0.05, 0) is 61.7 Å². The third-order valence-corrected chi connectivity index (χ3v) is 8.50. The van der Waals surface area contributed by atoms with E-state index in [-0.39, 0.29) is 5.91 Å². The normalized spacial score (nSPS) is 19.5. The molecule has 6 heteroatoms. The van der Waals surface area contributed by atoms with E-state index in [1.165, 1.54) is 47.3 Å². The summed E-state index contributed by atoms with van der Waals surface area (Å²) < 4.78 is 2.48. The SMILES string of the molecule is CCCCSn1c2c(c3cc(C(=O)N4CCC(C)CC4)ccc31)CN(C1=NCCC1)CC2. The largest absolute Gasteiger partial charge is 0.356 e. The molecule has 1 saturated heterocycles. The molecular formula is C26H36N4OS. The number of amides is 1. The van der Waals surface area contributed by atoms with Crippen molar-refractivity contribution in [2.24, 2.45) is 10.9 Å². The highest BCUT2D eigenvalue weighted by molar-refractivity contribution is 7.98. The average Bonchev–Trinajstić information content (AvgIpc) is 3.46. The molecular weight excluding hydrogens is 416 g/mol. The second-order valence-electron chi connectivity index (χ2n) is 9.69. The second kappa shape index (κ2) is 9.50. The Morgan fingerprint density at radius 3 is 2.78 bits per heavy atom. The van der Waals surface area contributed by atoms with Crippen LogP contribution in [0.4, 0.5) is 0 Å². The van der Waals surface area contributed by atoms with Gasteiger partial charge >= 0.3 is 0 Å². The standard InChI is InChI=1S/C26H36N4OS/c1-3-4-16-32-30-23-8-7-20(26(31)28-13-9-19(2)10-14-28)17-21(23)22-18-29(15-11-24(22)30)25-6-5-12-27-25/h7-8,17,19H,3-6,9-16,18H2,1-2H3. The molecule has 5 rings (SSSR count). The summed E-state index contributed by atoms with van der Waals surface area (Å²) in [4.78, 5) is 22.6. The number of nitrogens with zero attached hydrogens (tertiary/aromatic N) is 4. The van der Waals surface area contributed by atoms with Gasteiger partial charge in [-0.15, -0.1) is 0 Å². The van der Waals surface area contributed by atoms with E-state index in [9.17, 15) is 4.79 Å². The van der Waals surface area contributed by atoms with Crippen molar-refractivity contribution < 1.29 is 4.79 Å². The van der Waals surface area contributed by atoms with Crippen LogP contribution in [-0.4, -0.2) is 57.4 Å². The van der Waals surface area contributed by atoms with Crippen LogP contribution >= 0.6 is 11.9 Å². The number of fused-ring (bicyclic) bond motifs is 3. The van der Waals surface area contributed by atoms with Crippen molar-refractivity contribution >= 4 is 34.6 Å². The summed E-state index contributed by atoms with van der Waals surface area (Å²) in [6, 6.07) is 6.44. The number of aliphatic imine (C=N–C) groups is 1. The number of hydrogen-bond acceptors (Lipinski definition) is 4. The number of rotatable bonds is 5. The highest BCUT2D eigenvalue weighted by Gasteiger charge is 2.28. The molecule has 0 N–H and O–H groups in total. The lowest BCUT2D eigenvalue weighted by molar-refractivity contribution is 0.0697. The molecule has 0 spiro atoms. The number of likely N-dealkylation sites (tertiary alicyclic amines) is 1. The quantitative estimate of drug-likeness (QED) is 0.574. The van der Waals surface area contributed by atoms with Gasteiger partial charge in [0.25, 0.3) is 5.91 Å². The van der Waals surface area contributed by atoms with Crippen molar-refractivity contribution in [3.8, 4) is 0 Å². The van der Waals surface area contributed by atoms with Crippen LogP contribution in [0.25, 0.3) is 10.9 Å². The number of benzene rings is 1. The highest BCUT2D eigenvalue weighted by Crippen LogP contribution is 2.36. The fourth-order valence-electron chi connectivity index (χ4n) is 5.30. The van der Waals surface area contributed by atoms with Gasteiger partial charge in [-0.3, -0.25) is 13.8 Å². The zero-order valence-electron chi connectivity index (χ0n) is 19.6. The molecule has 1 aromatic heterocycles. The van der Waals surface area contributed by atoms with Gasteiger partial charge in [0, 0.05) is 73.5 Å². The molecule has 4 heterocycles. The number of aromatic nitrogens is 1. The highest BCUT2D eigenvalue weighted by atomic mass is 32.2. The lowest BCUT2D eigenvalue weighted by Crippen LogP contribution is -2.37. The van der Waals surface area contributed by atoms with Crippen LogP contribution < -0.4 is 0 Å². The maximum absolute atomic E-state index is 13.3. The van der Waals surface area contributed by atoms with E-state index in [1.54, 1.807) is 0 Å². The molecule has 1 amide bonds. The smallest absolute Gasteiger partial charge is 0.253 e. The van der Waals surface area contributed by atoms with Crippen LogP contribution in [-0.2, 0) is 13.0 Å². The Balaban J connectivity index is 1.49. The first-order chi connectivity index (χ1) is 15.7. The molecule has 0 unspecified atom stereocenters. The third-order valence-electron chi connectivity index (χ3n) is 7.36. The van der Waals surface area contributed by atoms with Crippen molar-refractivity contribution in [3.63, 3.8) is 0 Å². The zero-order chi connectivity index (χ0) is 22.1. The van der Waals surface area contributed by atoms with Crippen molar-refractivity contribution in [2.45, 2.75) is 65.3 Å². The van der Waals surface area contributed by atoms with Crippen LogP contribution in [0.1, 0.15) is 74.0 Å². The molecule has 0 aliphatic carbocycles. The van der Waals surface area contributed by atoms with Crippen molar-refractivity contribution in [2.75, 3.05) is 31.9 Å². The van der Waals surface area contributed by atoms with Gasteiger partial charge in [0.15, 0.2) is 0 Å². The molecule has 3 aliphatic heterocycles. The minimum Gasteiger partial charge on any atom is -0.356 e. The number of amidine groups is 1. The molecule has 1 aromatic carbocycles. The van der Waals surface area contributed by atoms with Crippen molar-refractivity contribution in [3.05, 3.63) is 35.0 Å². The summed E-state index contributed by atoms with van der Waals surface area (Å²) in [5.41, 5.74) is 4.98. The summed E-state index contributed by atoms with van der Waals surface area (Å²) in [7, 11) is 0. The summed E-state index contributed by atoms with van der Waals surface area (Å²) in [5.74, 6) is 3.35. The van der Waals surface area contributed by atoms with Crippen LogP contribution in [0, 0.1) is 5.92 Å². The molecule has 0 bridgehead atoms. The molecule has 172 valence electrons. The van der Waals surface area contributed by atoms with E-state index in [4.69, 9.17) is 4.99 Å². The summed E-state index contributed by atoms with van der Waals surface area (Å²) in [6.45, 7) is 9.26. The summed E-state index contributed by atoms with van der Waals surface area (Å²) >= 11 is 1.94. The first kappa shape index (κ1) is 21.9. The van der Waals surface area contributed by atoms with Gasteiger partial charge in [-0.2, -0.15) is 0 Å². The fraction of sp³-hybridized carbons (Fsp3) is 0.615.